The average molecular weight is 463 g/mol. The summed E-state index contributed by atoms with van der Waals surface area (Å²) in [6.07, 6.45) is 5.38. The number of thioether (sulfide) groups is 1. The number of unbranched alkanes of at least 4 members (excludes halogenated alkanes) is 1. The highest BCUT2D eigenvalue weighted by Crippen LogP contribution is 2.34. The molecule has 2 amide bonds. The van der Waals surface area contributed by atoms with Crippen molar-refractivity contribution in [3.63, 3.8) is 0 Å². The van der Waals surface area contributed by atoms with E-state index < -0.39 is 17.1 Å². The number of rotatable bonds is 8. The fraction of sp³-hybridized carbons (Fsp3) is 0.269. The molecular formula is C26H26N2O4S. The van der Waals surface area contributed by atoms with Crippen molar-refractivity contribution in [2.24, 2.45) is 0 Å². The molecule has 33 heavy (non-hydrogen) atoms. The molecule has 0 unspecified atom stereocenters. The summed E-state index contributed by atoms with van der Waals surface area (Å²) in [5.41, 5.74) is 4.29. The van der Waals surface area contributed by atoms with Gasteiger partial charge >= 0.3 is 5.97 Å². The molecule has 170 valence electrons. The van der Waals surface area contributed by atoms with E-state index in [0.717, 1.165) is 46.0 Å². The Kier molecular flexibility index (Phi) is 6.99. The zero-order chi connectivity index (χ0) is 23.4. The molecule has 0 N–H and O–H groups in total. The zero-order valence-electron chi connectivity index (χ0n) is 18.7. The minimum atomic E-state index is -0.568. The summed E-state index contributed by atoms with van der Waals surface area (Å²) in [5.74, 6) is -1.03. The molecule has 0 radical (unpaired) electrons. The number of hydrogen-bond donors (Lipinski definition) is 0. The molecule has 0 spiro atoms. The summed E-state index contributed by atoms with van der Waals surface area (Å²) in [7, 11) is 0. The van der Waals surface area contributed by atoms with E-state index in [9.17, 15) is 14.4 Å². The molecule has 6 nitrogen and oxygen atoms in total. The third-order valence-electron chi connectivity index (χ3n) is 5.50. The van der Waals surface area contributed by atoms with Crippen LogP contribution in [0.1, 0.15) is 36.5 Å². The van der Waals surface area contributed by atoms with Crippen LogP contribution in [0.5, 0.6) is 0 Å². The first-order valence-corrected chi connectivity index (χ1v) is 11.8. The molecule has 0 bridgehead atoms. The van der Waals surface area contributed by atoms with Crippen molar-refractivity contribution in [1.29, 1.82) is 0 Å². The average Bonchev–Trinajstić information content (AvgIpc) is 3.28. The SMILES string of the molecule is CCCCOC(=O)CN1C(=O)S/C(=C\c2cn(Cc3ccc(C)cc3)c3ccccc23)C1=O. The summed E-state index contributed by atoms with van der Waals surface area (Å²) in [6, 6.07) is 16.4. The van der Waals surface area contributed by atoms with E-state index in [0.29, 0.717) is 18.1 Å². The summed E-state index contributed by atoms with van der Waals surface area (Å²) < 4.78 is 7.24. The van der Waals surface area contributed by atoms with Gasteiger partial charge in [0.25, 0.3) is 11.1 Å². The van der Waals surface area contributed by atoms with Gasteiger partial charge in [0.1, 0.15) is 6.54 Å². The number of para-hydroxylation sites is 1. The van der Waals surface area contributed by atoms with Crippen LogP contribution in [0.25, 0.3) is 17.0 Å². The number of aromatic nitrogens is 1. The topological polar surface area (TPSA) is 68.6 Å². The first-order valence-electron chi connectivity index (χ1n) is 11.0. The van der Waals surface area contributed by atoms with Crippen LogP contribution in [0.2, 0.25) is 0 Å². The van der Waals surface area contributed by atoms with Gasteiger partial charge in [-0.25, -0.2) is 0 Å². The highest BCUT2D eigenvalue weighted by molar-refractivity contribution is 8.18. The molecule has 0 saturated carbocycles. The molecule has 3 aromatic rings. The number of carbonyl (C=O) groups excluding carboxylic acids is 3. The summed E-state index contributed by atoms with van der Waals surface area (Å²) in [6.45, 7) is 4.68. The predicted octanol–water partition coefficient (Wildman–Crippen LogP) is 5.38. The molecule has 2 heterocycles. The molecular weight excluding hydrogens is 436 g/mol. The quantitative estimate of drug-likeness (QED) is 0.255. The molecule has 4 rings (SSSR count). The Balaban J connectivity index is 1.57. The number of imide groups is 1. The second-order valence-electron chi connectivity index (χ2n) is 8.06. The van der Waals surface area contributed by atoms with Crippen LogP contribution in [0.3, 0.4) is 0 Å². The number of ether oxygens (including phenoxy) is 1. The number of amides is 2. The lowest BCUT2D eigenvalue weighted by Crippen LogP contribution is -2.34. The van der Waals surface area contributed by atoms with Gasteiger partial charge in [-0.05, 0) is 42.8 Å². The maximum atomic E-state index is 12.9. The van der Waals surface area contributed by atoms with Gasteiger partial charge < -0.3 is 9.30 Å². The van der Waals surface area contributed by atoms with Crippen molar-refractivity contribution < 1.29 is 19.1 Å². The Labute approximate surface area is 197 Å². The van der Waals surface area contributed by atoms with E-state index in [2.05, 4.69) is 35.8 Å². The lowest BCUT2D eigenvalue weighted by molar-refractivity contribution is -0.146. The second kappa shape index (κ2) is 10.1. The van der Waals surface area contributed by atoms with E-state index in [1.54, 1.807) is 6.08 Å². The molecule has 0 aliphatic carbocycles. The van der Waals surface area contributed by atoms with E-state index in [1.807, 2.05) is 37.4 Å². The van der Waals surface area contributed by atoms with Crippen LogP contribution in [0.4, 0.5) is 4.79 Å². The lowest BCUT2D eigenvalue weighted by atomic mass is 10.1. The third-order valence-corrected chi connectivity index (χ3v) is 6.41. The third kappa shape index (κ3) is 5.20. The minimum absolute atomic E-state index is 0.294. The highest BCUT2D eigenvalue weighted by atomic mass is 32.2. The van der Waals surface area contributed by atoms with Gasteiger partial charge in [-0.1, -0.05) is 61.4 Å². The molecule has 0 atom stereocenters. The molecule has 1 aromatic heterocycles. The van der Waals surface area contributed by atoms with E-state index in [4.69, 9.17) is 4.74 Å². The van der Waals surface area contributed by atoms with Gasteiger partial charge in [0.15, 0.2) is 0 Å². The molecule has 2 aromatic carbocycles. The molecule has 1 fully saturated rings. The van der Waals surface area contributed by atoms with Crippen molar-refractivity contribution in [2.45, 2.75) is 33.2 Å². The Morgan fingerprint density at radius 1 is 1.09 bits per heavy atom. The Bertz CT molecular complexity index is 1230. The number of fused-ring (bicyclic) bond motifs is 1. The van der Waals surface area contributed by atoms with Crippen molar-refractivity contribution in [2.75, 3.05) is 13.2 Å². The van der Waals surface area contributed by atoms with Gasteiger partial charge in [0.05, 0.1) is 11.5 Å². The summed E-state index contributed by atoms with van der Waals surface area (Å²) in [4.78, 5) is 38.5. The first-order chi connectivity index (χ1) is 16.0. The molecule has 7 heteroatoms. The smallest absolute Gasteiger partial charge is 0.326 e. The van der Waals surface area contributed by atoms with Gasteiger partial charge in [-0.15, -0.1) is 0 Å². The van der Waals surface area contributed by atoms with E-state index >= 15 is 0 Å². The largest absolute Gasteiger partial charge is 0.464 e. The van der Waals surface area contributed by atoms with Crippen molar-refractivity contribution in [3.05, 3.63) is 76.3 Å². The molecule has 1 aliphatic heterocycles. The van der Waals surface area contributed by atoms with Gasteiger partial charge in [0.2, 0.25) is 0 Å². The van der Waals surface area contributed by atoms with Gasteiger partial charge in [-0.3, -0.25) is 19.3 Å². The number of esters is 1. The van der Waals surface area contributed by atoms with Crippen molar-refractivity contribution in [3.8, 4) is 0 Å². The number of benzene rings is 2. The van der Waals surface area contributed by atoms with Gasteiger partial charge in [0, 0.05) is 29.2 Å². The first kappa shape index (κ1) is 22.9. The number of hydrogen-bond acceptors (Lipinski definition) is 5. The normalized spacial score (nSPS) is 15.1. The van der Waals surface area contributed by atoms with Crippen LogP contribution in [0, 0.1) is 6.92 Å². The van der Waals surface area contributed by atoms with E-state index in [1.165, 1.54) is 11.1 Å². The summed E-state index contributed by atoms with van der Waals surface area (Å²) >= 11 is 0.852. The lowest BCUT2D eigenvalue weighted by Gasteiger charge is -2.11. The van der Waals surface area contributed by atoms with Gasteiger partial charge in [-0.2, -0.15) is 0 Å². The highest BCUT2D eigenvalue weighted by Gasteiger charge is 2.36. The maximum absolute atomic E-state index is 12.9. The summed E-state index contributed by atoms with van der Waals surface area (Å²) in [5, 5.41) is 0.539. The molecule has 1 aliphatic rings. The Morgan fingerprint density at radius 2 is 1.85 bits per heavy atom. The predicted molar refractivity (Wildman–Crippen MR) is 131 cm³/mol. The monoisotopic (exact) mass is 462 g/mol. The van der Waals surface area contributed by atoms with Crippen LogP contribution in [-0.2, 0) is 20.9 Å². The number of aryl methyl sites for hydroxylation is 1. The molecule has 1 saturated heterocycles. The van der Waals surface area contributed by atoms with Crippen LogP contribution in [-0.4, -0.2) is 39.7 Å². The van der Waals surface area contributed by atoms with E-state index in [-0.39, 0.29) is 6.54 Å². The van der Waals surface area contributed by atoms with Crippen LogP contribution in [0.15, 0.2) is 59.6 Å². The Hall–Kier alpha value is -3.32. The van der Waals surface area contributed by atoms with Crippen molar-refractivity contribution >= 4 is 45.9 Å². The second-order valence-corrected chi connectivity index (χ2v) is 9.05. The fourth-order valence-corrected chi connectivity index (χ4v) is 4.52. The minimum Gasteiger partial charge on any atom is -0.464 e. The number of nitrogens with zero attached hydrogens (tertiary/aromatic N) is 2. The standard InChI is InChI=1S/C26H26N2O4S/c1-3-4-13-32-24(29)17-28-25(30)23(33-26(28)31)14-20-16-27(22-8-6-5-7-21(20)22)15-19-11-9-18(2)10-12-19/h5-12,14,16H,3-4,13,15,17H2,1-2H3/b23-14-. The number of carbonyl (C=O) groups is 3. The maximum Gasteiger partial charge on any atom is 0.326 e. The van der Waals surface area contributed by atoms with Crippen LogP contribution < -0.4 is 0 Å². The van der Waals surface area contributed by atoms with Crippen molar-refractivity contribution in [1.82, 2.24) is 9.47 Å². The fourth-order valence-electron chi connectivity index (χ4n) is 3.69. The Morgan fingerprint density at radius 3 is 2.61 bits per heavy atom. The van der Waals surface area contributed by atoms with Crippen LogP contribution >= 0.6 is 11.8 Å². The zero-order valence-corrected chi connectivity index (χ0v) is 19.6.